The first-order valence-corrected chi connectivity index (χ1v) is 15.8. The normalized spacial score (nSPS) is 12.5. The number of amides is 1. The van der Waals surface area contributed by atoms with Gasteiger partial charge in [-0.05, 0) is 53.9 Å². The summed E-state index contributed by atoms with van der Waals surface area (Å²) >= 11 is 0. The van der Waals surface area contributed by atoms with Crippen molar-refractivity contribution in [2.45, 2.75) is 31.6 Å². The third-order valence-electron chi connectivity index (χ3n) is 7.17. The highest BCUT2D eigenvalue weighted by molar-refractivity contribution is 7.90. The fourth-order valence-corrected chi connectivity index (χ4v) is 5.54. The molecule has 0 bridgehead atoms. The number of pyridine rings is 3. The molecule has 6 aromatic rings. The van der Waals surface area contributed by atoms with Crippen molar-refractivity contribution in [3.8, 4) is 33.8 Å². The first-order valence-electron chi connectivity index (χ1n) is 13.8. The first-order chi connectivity index (χ1) is 21.1. The standard InChI is InChI=1S/C30H28FN9O3S/c1-3-4-5-24(41)36-21-11-18(13-33-15-21)19-12-23-26(39-40-28(23)35-14-19)30-37-25-22(6-7-34-29(25)38-30)16-8-17(10-20(31)9-16)27(32)44(2,42)43/h6-15,27H,3-5,32H2,1-2H3,(H,36,41)(H,34,37,38)(H,35,39,40). The molecule has 1 unspecified atom stereocenters. The maximum Gasteiger partial charge on any atom is 0.224 e. The Morgan fingerprint density at radius 2 is 1.86 bits per heavy atom. The van der Waals surface area contributed by atoms with Crippen molar-refractivity contribution in [3.63, 3.8) is 0 Å². The number of unbranched alkanes of at least 4 members (excludes halogenated alkanes) is 1. The lowest BCUT2D eigenvalue weighted by molar-refractivity contribution is -0.116. The minimum atomic E-state index is -3.66. The van der Waals surface area contributed by atoms with Gasteiger partial charge in [-0.2, -0.15) is 5.10 Å². The molecule has 5 heterocycles. The zero-order valence-corrected chi connectivity index (χ0v) is 24.6. The number of hydrogen-bond acceptors (Lipinski definition) is 9. The second-order valence-corrected chi connectivity index (χ2v) is 12.6. The van der Waals surface area contributed by atoms with Crippen molar-refractivity contribution in [1.29, 1.82) is 0 Å². The summed E-state index contributed by atoms with van der Waals surface area (Å²) in [5.41, 5.74) is 11.0. The number of carbonyl (C=O) groups excluding carboxylic acids is 1. The number of aromatic nitrogens is 7. The van der Waals surface area contributed by atoms with E-state index in [0.29, 0.717) is 57.0 Å². The fraction of sp³-hybridized carbons (Fsp3) is 0.200. The maximum atomic E-state index is 14.6. The van der Waals surface area contributed by atoms with E-state index in [-0.39, 0.29) is 11.5 Å². The predicted molar refractivity (Wildman–Crippen MR) is 165 cm³/mol. The average Bonchev–Trinajstić information content (AvgIpc) is 3.62. The fourth-order valence-electron chi connectivity index (χ4n) is 4.91. The van der Waals surface area contributed by atoms with Gasteiger partial charge in [0.15, 0.2) is 27.0 Å². The molecule has 1 amide bonds. The molecule has 0 spiro atoms. The van der Waals surface area contributed by atoms with Crippen LogP contribution in [0.3, 0.4) is 0 Å². The number of sulfone groups is 1. The molecule has 224 valence electrons. The van der Waals surface area contributed by atoms with Crippen LogP contribution in [0.1, 0.15) is 37.1 Å². The van der Waals surface area contributed by atoms with Crippen LogP contribution in [0.25, 0.3) is 56.0 Å². The molecule has 0 aliphatic heterocycles. The summed E-state index contributed by atoms with van der Waals surface area (Å²) in [5.74, 6) is -0.276. The number of carbonyl (C=O) groups is 1. The van der Waals surface area contributed by atoms with E-state index in [9.17, 15) is 17.6 Å². The van der Waals surface area contributed by atoms with E-state index in [2.05, 4.69) is 40.4 Å². The van der Waals surface area contributed by atoms with Crippen LogP contribution in [0.5, 0.6) is 0 Å². The van der Waals surface area contributed by atoms with Gasteiger partial charge in [-0.3, -0.25) is 14.9 Å². The Hall–Kier alpha value is -5.08. The predicted octanol–water partition coefficient (Wildman–Crippen LogP) is 4.89. The van der Waals surface area contributed by atoms with Crippen molar-refractivity contribution in [2.75, 3.05) is 11.6 Å². The number of imidazole rings is 1. The number of rotatable bonds is 9. The van der Waals surface area contributed by atoms with Gasteiger partial charge in [-0.15, -0.1) is 0 Å². The monoisotopic (exact) mass is 613 g/mol. The van der Waals surface area contributed by atoms with Gasteiger partial charge >= 0.3 is 0 Å². The van der Waals surface area contributed by atoms with E-state index in [4.69, 9.17) is 5.73 Å². The van der Waals surface area contributed by atoms with Gasteiger partial charge in [0.05, 0.1) is 22.8 Å². The van der Waals surface area contributed by atoms with Crippen molar-refractivity contribution >= 4 is 43.6 Å². The maximum absolute atomic E-state index is 14.6. The molecule has 12 nitrogen and oxygen atoms in total. The van der Waals surface area contributed by atoms with Crippen LogP contribution < -0.4 is 11.1 Å². The molecule has 0 saturated heterocycles. The highest BCUT2D eigenvalue weighted by Gasteiger charge is 2.21. The van der Waals surface area contributed by atoms with Crippen molar-refractivity contribution in [2.24, 2.45) is 5.73 Å². The van der Waals surface area contributed by atoms with Crippen molar-refractivity contribution < 1.29 is 17.6 Å². The van der Waals surface area contributed by atoms with Gasteiger partial charge in [0.25, 0.3) is 0 Å². The van der Waals surface area contributed by atoms with Gasteiger partial charge in [0.1, 0.15) is 16.9 Å². The number of H-pyrrole nitrogens is 2. The molecule has 44 heavy (non-hydrogen) atoms. The minimum Gasteiger partial charge on any atom is -0.335 e. The van der Waals surface area contributed by atoms with Crippen molar-refractivity contribution in [3.05, 3.63) is 72.6 Å². The lowest BCUT2D eigenvalue weighted by atomic mass is 10.0. The molecule has 6 rings (SSSR count). The summed E-state index contributed by atoms with van der Waals surface area (Å²) < 4.78 is 38.7. The van der Waals surface area contributed by atoms with E-state index in [0.717, 1.165) is 36.3 Å². The van der Waals surface area contributed by atoms with Crippen LogP contribution in [0.15, 0.2) is 61.2 Å². The van der Waals surface area contributed by atoms with Gasteiger partial charge in [-0.1, -0.05) is 13.3 Å². The number of anilines is 1. The highest BCUT2D eigenvalue weighted by Crippen LogP contribution is 2.33. The summed E-state index contributed by atoms with van der Waals surface area (Å²) in [6.45, 7) is 2.03. The molecule has 5 aromatic heterocycles. The lowest BCUT2D eigenvalue weighted by Gasteiger charge is -2.12. The van der Waals surface area contributed by atoms with Crippen LogP contribution >= 0.6 is 0 Å². The second-order valence-electron chi connectivity index (χ2n) is 10.5. The molecule has 0 aliphatic carbocycles. The van der Waals surface area contributed by atoms with Crippen molar-refractivity contribution in [1.82, 2.24) is 35.1 Å². The quantitative estimate of drug-likeness (QED) is 0.176. The van der Waals surface area contributed by atoms with Crippen LogP contribution in [0, 0.1) is 5.82 Å². The number of benzene rings is 1. The second kappa shape index (κ2) is 11.5. The van der Waals surface area contributed by atoms with Gasteiger partial charge in [0.2, 0.25) is 5.91 Å². The minimum absolute atomic E-state index is 0.0675. The van der Waals surface area contributed by atoms with E-state index >= 15 is 0 Å². The average molecular weight is 614 g/mol. The van der Waals surface area contributed by atoms with E-state index in [1.54, 1.807) is 30.7 Å². The number of nitrogens with two attached hydrogens (primary N) is 1. The van der Waals surface area contributed by atoms with Crippen LogP contribution in [-0.2, 0) is 14.6 Å². The summed E-state index contributed by atoms with van der Waals surface area (Å²) in [4.78, 5) is 33.3. The Kier molecular flexibility index (Phi) is 7.61. The number of nitrogens with zero attached hydrogens (tertiary/aromatic N) is 5. The molecule has 0 fully saturated rings. The lowest BCUT2D eigenvalue weighted by Crippen LogP contribution is -2.20. The Morgan fingerprint density at radius 1 is 1.05 bits per heavy atom. The molecular formula is C30H28FN9O3S. The molecule has 0 aliphatic rings. The number of aromatic amines is 2. The zero-order chi connectivity index (χ0) is 31.0. The Labute approximate surface area is 251 Å². The van der Waals surface area contributed by atoms with Gasteiger partial charge in [0, 0.05) is 48.0 Å². The molecule has 1 atom stereocenters. The smallest absolute Gasteiger partial charge is 0.224 e. The van der Waals surface area contributed by atoms with E-state index in [1.807, 2.05) is 19.1 Å². The molecular weight excluding hydrogens is 585 g/mol. The SMILES string of the molecule is CCCCC(=O)Nc1cncc(-c2cnc3n[nH]c(-c4nc5nccc(-c6cc(F)cc(C(N)S(C)(=O)=O)c6)c5[nH]4)c3c2)c1. The number of halogens is 1. The summed E-state index contributed by atoms with van der Waals surface area (Å²) in [7, 11) is -3.66. The van der Waals surface area contributed by atoms with Crippen LogP contribution in [0.2, 0.25) is 0 Å². The van der Waals surface area contributed by atoms with Gasteiger partial charge < -0.3 is 16.0 Å². The Bertz CT molecular complexity index is 2140. The Balaban J connectivity index is 1.38. The third-order valence-corrected chi connectivity index (χ3v) is 8.37. The van der Waals surface area contributed by atoms with E-state index < -0.39 is 21.0 Å². The third kappa shape index (κ3) is 5.76. The number of hydrogen-bond donors (Lipinski definition) is 4. The summed E-state index contributed by atoms with van der Waals surface area (Å²) in [5, 5.41) is 9.49. The largest absolute Gasteiger partial charge is 0.335 e. The summed E-state index contributed by atoms with van der Waals surface area (Å²) in [6.07, 6.45) is 9.67. The molecule has 0 radical (unpaired) electrons. The molecule has 1 aromatic carbocycles. The highest BCUT2D eigenvalue weighted by atomic mass is 32.2. The first kappa shape index (κ1) is 29.0. The van der Waals surface area contributed by atoms with Gasteiger partial charge in [-0.25, -0.2) is 27.8 Å². The van der Waals surface area contributed by atoms with E-state index in [1.165, 1.54) is 12.3 Å². The van der Waals surface area contributed by atoms with Crippen LogP contribution in [0.4, 0.5) is 10.1 Å². The topological polar surface area (TPSA) is 185 Å². The molecule has 14 heteroatoms. The number of fused-ring (bicyclic) bond motifs is 2. The zero-order valence-electron chi connectivity index (χ0n) is 23.8. The summed E-state index contributed by atoms with van der Waals surface area (Å²) in [6, 6.07) is 9.36. The Morgan fingerprint density at radius 3 is 2.66 bits per heavy atom. The molecule has 5 N–H and O–H groups in total. The number of nitrogens with one attached hydrogen (secondary N) is 3. The van der Waals surface area contributed by atoms with Crippen LogP contribution in [-0.4, -0.2) is 55.7 Å². The molecule has 0 saturated carbocycles.